The summed E-state index contributed by atoms with van der Waals surface area (Å²) in [6.07, 6.45) is 0.855. The third-order valence-electron chi connectivity index (χ3n) is 8.33. The number of nitrogens with one attached hydrogen (secondary N) is 1. The van der Waals surface area contributed by atoms with Crippen molar-refractivity contribution < 1.29 is 14.0 Å². The van der Waals surface area contributed by atoms with Crippen LogP contribution in [0.15, 0.2) is 58.4 Å². The van der Waals surface area contributed by atoms with Gasteiger partial charge in [-0.2, -0.15) is 0 Å². The van der Waals surface area contributed by atoms with E-state index in [1.807, 2.05) is 12.1 Å². The molecule has 1 N–H and O–H groups in total. The van der Waals surface area contributed by atoms with Gasteiger partial charge < -0.3 is 4.98 Å². The van der Waals surface area contributed by atoms with E-state index in [2.05, 4.69) is 24.0 Å². The van der Waals surface area contributed by atoms with Crippen molar-refractivity contribution in [3.63, 3.8) is 0 Å². The Labute approximate surface area is 203 Å². The van der Waals surface area contributed by atoms with E-state index < -0.39 is 5.82 Å². The molecule has 172 valence electrons. The highest BCUT2D eigenvalue weighted by Gasteiger charge is 2.69. The van der Waals surface area contributed by atoms with Crippen LogP contribution in [-0.4, -0.2) is 22.0 Å². The smallest absolute Gasteiger partial charge is 0.305 e. The molecule has 2 aromatic carbocycles. The van der Waals surface area contributed by atoms with Crippen molar-refractivity contribution in [2.24, 2.45) is 29.6 Å². The van der Waals surface area contributed by atoms with E-state index in [-0.39, 0.29) is 57.4 Å². The van der Waals surface area contributed by atoms with Crippen LogP contribution in [0.4, 0.5) is 10.1 Å². The highest BCUT2D eigenvalue weighted by atomic mass is 32.2. The quantitative estimate of drug-likeness (QED) is 0.533. The number of rotatable bonds is 2. The maximum Gasteiger partial charge on any atom is 0.305 e. The molecule has 4 aliphatic rings. The molecule has 2 aliphatic carbocycles. The number of thioether (sulfide) groups is 1. The number of hydrogen-bond acceptors (Lipinski definition) is 5. The lowest BCUT2D eigenvalue weighted by molar-refractivity contribution is -0.123. The number of fused-ring (bicyclic) bond motifs is 9. The molecule has 7 atom stereocenters. The Hall–Kier alpha value is -2.71. The van der Waals surface area contributed by atoms with Gasteiger partial charge >= 0.3 is 4.87 Å². The van der Waals surface area contributed by atoms with Crippen molar-refractivity contribution in [3.8, 4) is 0 Å². The molecule has 0 radical (unpaired) electrons. The van der Waals surface area contributed by atoms with Crippen molar-refractivity contribution in [3.05, 3.63) is 80.0 Å². The van der Waals surface area contributed by atoms with Gasteiger partial charge in [0.25, 0.3) is 0 Å². The molecule has 34 heavy (non-hydrogen) atoms. The molecule has 3 heterocycles. The van der Waals surface area contributed by atoms with E-state index in [0.29, 0.717) is 5.69 Å². The molecular formula is C26H21FN2O3S2. The molecule has 1 saturated heterocycles. The minimum atomic E-state index is -0.397. The number of aromatic nitrogens is 1. The zero-order valence-corrected chi connectivity index (χ0v) is 19.9. The Kier molecular flexibility index (Phi) is 4.34. The molecule has 2 saturated carbocycles. The number of aromatic amines is 1. The summed E-state index contributed by atoms with van der Waals surface area (Å²) in [5.41, 5.74) is 2.82. The maximum absolute atomic E-state index is 13.7. The molecule has 0 spiro atoms. The van der Waals surface area contributed by atoms with E-state index in [4.69, 9.17) is 0 Å². The van der Waals surface area contributed by atoms with Crippen LogP contribution in [0.2, 0.25) is 0 Å². The van der Waals surface area contributed by atoms with Gasteiger partial charge in [0.2, 0.25) is 11.8 Å². The van der Waals surface area contributed by atoms with Gasteiger partial charge in [-0.3, -0.25) is 19.3 Å². The number of amides is 2. The van der Waals surface area contributed by atoms with E-state index in [9.17, 15) is 18.8 Å². The van der Waals surface area contributed by atoms with Crippen molar-refractivity contribution in [1.82, 2.24) is 4.98 Å². The van der Waals surface area contributed by atoms with E-state index >= 15 is 0 Å². The van der Waals surface area contributed by atoms with Gasteiger partial charge in [-0.25, -0.2) is 4.39 Å². The summed E-state index contributed by atoms with van der Waals surface area (Å²) in [6, 6.07) is 13.9. The number of thiazole rings is 1. The second kappa shape index (κ2) is 7.15. The largest absolute Gasteiger partial charge is 0.307 e. The topological polar surface area (TPSA) is 70.2 Å². The van der Waals surface area contributed by atoms with Crippen LogP contribution in [0.1, 0.15) is 28.3 Å². The highest BCUT2D eigenvalue weighted by Crippen LogP contribution is 2.68. The molecule has 8 heteroatoms. The first-order valence-electron chi connectivity index (χ1n) is 11.5. The number of carbonyl (C=O) groups is 2. The van der Waals surface area contributed by atoms with Gasteiger partial charge in [-0.05, 0) is 66.5 Å². The van der Waals surface area contributed by atoms with E-state index in [0.717, 1.165) is 16.3 Å². The minimum Gasteiger partial charge on any atom is -0.307 e. The SMILES string of the molecule is Cc1ccccc1[C@H]1c2sc(=O)[nH]c2SC2C3CC(C4C(=O)N(c5ccc(F)cc5)C(=O)C34)C21. The molecule has 1 aromatic heterocycles. The lowest BCUT2D eigenvalue weighted by atomic mass is 9.67. The monoisotopic (exact) mass is 492 g/mol. The fraction of sp³-hybridized carbons (Fsp3) is 0.346. The zero-order chi connectivity index (χ0) is 23.3. The number of benzene rings is 2. The van der Waals surface area contributed by atoms with E-state index in [1.165, 1.54) is 51.6 Å². The normalized spacial score (nSPS) is 33.2. The minimum absolute atomic E-state index is 0.0325. The lowest BCUT2D eigenvalue weighted by Gasteiger charge is -2.43. The molecular weight excluding hydrogens is 471 g/mol. The second-order valence-corrected chi connectivity index (χ2v) is 12.0. The van der Waals surface area contributed by atoms with Crippen molar-refractivity contribution in [2.75, 3.05) is 4.90 Å². The van der Waals surface area contributed by atoms with Gasteiger partial charge in [0.15, 0.2) is 0 Å². The number of anilines is 1. The molecule has 6 unspecified atom stereocenters. The summed E-state index contributed by atoms with van der Waals surface area (Å²) in [5, 5.41) is 1.08. The van der Waals surface area contributed by atoms with Crippen LogP contribution in [-0.2, 0) is 9.59 Å². The summed E-state index contributed by atoms with van der Waals surface area (Å²) in [7, 11) is 0. The van der Waals surface area contributed by atoms with Crippen LogP contribution in [0, 0.1) is 42.3 Å². The van der Waals surface area contributed by atoms with Crippen LogP contribution in [0.3, 0.4) is 0 Å². The van der Waals surface area contributed by atoms with Gasteiger partial charge in [0.05, 0.1) is 22.5 Å². The fourth-order valence-electron chi connectivity index (χ4n) is 7.15. The third-order valence-corrected chi connectivity index (χ3v) is 10.9. The first-order chi connectivity index (χ1) is 16.4. The van der Waals surface area contributed by atoms with Gasteiger partial charge in [0.1, 0.15) is 5.82 Å². The van der Waals surface area contributed by atoms with Crippen LogP contribution in [0.25, 0.3) is 0 Å². The molecule has 2 bridgehead atoms. The summed E-state index contributed by atoms with van der Waals surface area (Å²) in [4.78, 5) is 44.9. The lowest BCUT2D eigenvalue weighted by Crippen LogP contribution is -2.42. The first kappa shape index (κ1) is 20.6. The number of halogens is 1. The first-order valence-corrected chi connectivity index (χ1v) is 13.2. The number of nitrogens with zero attached hydrogens (tertiary/aromatic N) is 1. The summed E-state index contributed by atoms with van der Waals surface area (Å²) < 4.78 is 13.5. The molecule has 7 rings (SSSR count). The number of H-pyrrole nitrogens is 1. The number of hydrogen-bond donors (Lipinski definition) is 1. The number of carbonyl (C=O) groups excluding carboxylic acids is 2. The third kappa shape index (κ3) is 2.64. The van der Waals surface area contributed by atoms with Crippen LogP contribution >= 0.6 is 23.1 Å². The predicted molar refractivity (Wildman–Crippen MR) is 129 cm³/mol. The number of imide groups is 1. The average molecular weight is 493 g/mol. The van der Waals surface area contributed by atoms with Gasteiger partial charge in [-0.1, -0.05) is 35.6 Å². The highest BCUT2D eigenvalue weighted by molar-refractivity contribution is 8.00. The van der Waals surface area contributed by atoms with Crippen molar-refractivity contribution in [1.29, 1.82) is 0 Å². The molecule has 2 amide bonds. The summed E-state index contributed by atoms with van der Waals surface area (Å²) >= 11 is 2.96. The molecule has 3 aromatic rings. The standard InChI is InChI=1S/C26H21FN2O3S2/c1-11-4-2-3-5-14(11)17-18-15-10-16(21(18)33-23-22(17)34-26(32)28-23)20-19(15)24(30)29(25(20)31)13-8-6-12(27)7-9-13/h2-9,15-21H,10H2,1H3,(H,28,32)/t15?,16?,17-,18?,19?,20?,21?/m1/s1. The van der Waals surface area contributed by atoms with Crippen molar-refractivity contribution >= 4 is 40.6 Å². The summed E-state index contributed by atoms with van der Waals surface area (Å²) in [5.74, 6) is -1.05. The zero-order valence-electron chi connectivity index (χ0n) is 18.2. The van der Waals surface area contributed by atoms with E-state index in [1.54, 1.807) is 11.8 Å². The fourth-order valence-corrected chi connectivity index (χ4v) is 10.0. The maximum atomic E-state index is 13.7. The number of aryl methyl sites for hydroxylation is 1. The van der Waals surface area contributed by atoms with Crippen LogP contribution < -0.4 is 9.77 Å². The van der Waals surface area contributed by atoms with Gasteiger partial charge in [-0.15, -0.1) is 11.8 Å². The van der Waals surface area contributed by atoms with Crippen molar-refractivity contribution in [2.45, 2.75) is 29.5 Å². The Morgan fingerprint density at radius 3 is 2.41 bits per heavy atom. The predicted octanol–water partition coefficient (Wildman–Crippen LogP) is 4.56. The molecule has 2 aliphatic heterocycles. The molecule has 3 fully saturated rings. The summed E-state index contributed by atoms with van der Waals surface area (Å²) in [6.45, 7) is 2.09. The average Bonchev–Trinajstić information content (AvgIpc) is 3.54. The molecule has 5 nitrogen and oxygen atoms in total. The Morgan fingerprint density at radius 2 is 1.68 bits per heavy atom. The van der Waals surface area contributed by atoms with Gasteiger partial charge in [0, 0.05) is 16.0 Å². The van der Waals surface area contributed by atoms with Crippen LogP contribution in [0.5, 0.6) is 0 Å². The Bertz CT molecular complexity index is 1410. The Morgan fingerprint density at radius 1 is 0.971 bits per heavy atom. The second-order valence-electron chi connectivity index (χ2n) is 9.81. The Balaban J connectivity index is 1.34.